The summed E-state index contributed by atoms with van der Waals surface area (Å²) in [6, 6.07) is 16.7. The molecule has 0 radical (unpaired) electrons. The van der Waals surface area contributed by atoms with E-state index in [2.05, 4.69) is 46.7 Å². The third-order valence-corrected chi connectivity index (χ3v) is 3.41. The van der Waals surface area contributed by atoms with E-state index in [1.807, 2.05) is 18.3 Å². The average Bonchev–Trinajstić information content (AvgIpc) is 2.95. The first-order valence-electron chi connectivity index (χ1n) is 6.75. The topological polar surface area (TPSA) is 37.0 Å². The fourth-order valence-electron chi connectivity index (χ4n) is 2.35. The van der Waals surface area contributed by atoms with Crippen LogP contribution < -0.4 is 10.1 Å². The Kier molecular flexibility index (Phi) is 5.26. The molecule has 0 aliphatic heterocycles. The number of halogens is 1. The predicted molar refractivity (Wildman–Crippen MR) is 89.1 cm³/mol. The van der Waals surface area contributed by atoms with E-state index in [4.69, 9.17) is 4.74 Å². The van der Waals surface area contributed by atoms with E-state index in [-0.39, 0.29) is 12.4 Å². The lowest BCUT2D eigenvalue weighted by Gasteiger charge is -2.07. The van der Waals surface area contributed by atoms with Gasteiger partial charge < -0.3 is 15.0 Å². The predicted octanol–water partition coefficient (Wildman–Crippen LogP) is 3.89. The van der Waals surface area contributed by atoms with Gasteiger partial charge in [0.05, 0.1) is 7.11 Å². The minimum atomic E-state index is 0. The summed E-state index contributed by atoms with van der Waals surface area (Å²) < 4.78 is 5.23. The van der Waals surface area contributed by atoms with Crippen LogP contribution in [0.5, 0.6) is 5.75 Å². The third kappa shape index (κ3) is 3.78. The molecule has 4 heteroatoms. The summed E-state index contributed by atoms with van der Waals surface area (Å²) in [5.41, 5.74) is 3.70. The summed E-state index contributed by atoms with van der Waals surface area (Å²) in [6.45, 7) is 1.70. The molecule has 0 fully saturated rings. The zero-order valence-corrected chi connectivity index (χ0v) is 12.7. The van der Waals surface area contributed by atoms with Gasteiger partial charge in [-0.25, -0.2) is 0 Å². The number of fused-ring (bicyclic) bond motifs is 1. The summed E-state index contributed by atoms with van der Waals surface area (Å²) in [5, 5.41) is 4.72. The lowest BCUT2D eigenvalue weighted by atomic mass is 10.1. The van der Waals surface area contributed by atoms with Gasteiger partial charge in [-0.3, -0.25) is 0 Å². The highest BCUT2D eigenvalue weighted by Crippen LogP contribution is 2.15. The summed E-state index contributed by atoms with van der Waals surface area (Å²) in [5.74, 6) is 0.901. The number of hydrogen-bond donors (Lipinski definition) is 2. The highest BCUT2D eigenvalue weighted by Gasteiger charge is 1.99. The van der Waals surface area contributed by atoms with E-state index in [0.29, 0.717) is 0 Å². The van der Waals surface area contributed by atoms with Crippen LogP contribution in [-0.4, -0.2) is 12.1 Å². The van der Waals surface area contributed by atoms with E-state index in [1.54, 1.807) is 7.11 Å². The molecule has 110 valence electrons. The van der Waals surface area contributed by atoms with Gasteiger partial charge in [-0.1, -0.05) is 18.2 Å². The van der Waals surface area contributed by atoms with Crippen molar-refractivity contribution in [1.29, 1.82) is 0 Å². The molecule has 2 N–H and O–H groups in total. The second kappa shape index (κ2) is 7.16. The zero-order valence-electron chi connectivity index (χ0n) is 11.9. The molecule has 0 atom stereocenters. The van der Waals surface area contributed by atoms with Gasteiger partial charge in [0.1, 0.15) is 5.75 Å². The Bertz CT molecular complexity index is 709. The SMILES string of the molecule is COc1cccc(CNCc2ccc3[nH]ccc3c2)c1.Cl. The van der Waals surface area contributed by atoms with E-state index < -0.39 is 0 Å². The lowest BCUT2D eigenvalue weighted by molar-refractivity contribution is 0.414. The lowest BCUT2D eigenvalue weighted by Crippen LogP contribution is -2.12. The maximum absolute atomic E-state index is 5.23. The largest absolute Gasteiger partial charge is 0.497 e. The second-order valence-corrected chi connectivity index (χ2v) is 4.85. The number of hydrogen-bond acceptors (Lipinski definition) is 2. The van der Waals surface area contributed by atoms with Crippen LogP contribution in [0.2, 0.25) is 0 Å². The number of ether oxygens (including phenoxy) is 1. The van der Waals surface area contributed by atoms with Crippen molar-refractivity contribution in [2.24, 2.45) is 0 Å². The van der Waals surface area contributed by atoms with Crippen molar-refractivity contribution in [3.63, 3.8) is 0 Å². The van der Waals surface area contributed by atoms with Gasteiger partial charge in [0.15, 0.2) is 0 Å². The second-order valence-electron chi connectivity index (χ2n) is 4.85. The van der Waals surface area contributed by atoms with Crippen LogP contribution in [0.3, 0.4) is 0 Å². The molecule has 0 aliphatic rings. The maximum Gasteiger partial charge on any atom is 0.119 e. The number of nitrogens with one attached hydrogen (secondary N) is 2. The van der Waals surface area contributed by atoms with Crippen LogP contribution in [0.1, 0.15) is 11.1 Å². The summed E-state index contributed by atoms with van der Waals surface area (Å²) in [4.78, 5) is 3.21. The van der Waals surface area contributed by atoms with Gasteiger partial charge in [-0.2, -0.15) is 0 Å². The summed E-state index contributed by atoms with van der Waals surface area (Å²) in [6.07, 6.45) is 1.97. The molecule has 0 spiro atoms. The van der Waals surface area contributed by atoms with Crippen molar-refractivity contribution in [2.75, 3.05) is 7.11 Å². The summed E-state index contributed by atoms with van der Waals surface area (Å²) in [7, 11) is 1.69. The van der Waals surface area contributed by atoms with Gasteiger partial charge >= 0.3 is 0 Å². The Hall–Kier alpha value is -1.97. The zero-order chi connectivity index (χ0) is 13.8. The van der Waals surface area contributed by atoms with E-state index in [1.165, 1.54) is 22.0 Å². The molecule has 3 rings (SSSR count). The molecule has 0 unspecified atom stereocenters. The Morgan fingerprint density at radius 3 is 2.62 bits per heavy atom. The first kappa shape index (κ1) is 15.4. The number of H-pyrrole nitrogens is 1. The van der Waals surface area contributed by atoms with Crippen molar-refractivity contribution in [1.82, 2.24) is 10.3 Å². The molecular formula is C17H19ClN2O. The van der Waals surface area contributed by atoms with Crippen LogP contribution in [0.25, 0.3) is 10.9 Å². The van der Waals surface area contributed by atoms with Gasteiger partial charge in [-0.15, -0.1) is 12.4 Å². The van der Waals surface area contributed by atoms with Crippen LogP contribution in [0, 0.1) is 0 Å². The monoisotopic (exact) mass is 302 g/mol. The molecule has 2 aromatic carbocycles. The number of benzene rings is 2. The highest BCUT2D eigenvalue weighted by atomic mass is 35.5. The Morgan fingerprint density at radius 2 is 1.81 bits per heavy atom. The Labute approximate surface area is 130 Å². The van der Waals surface area contributed by atoms with Crippen LogP contribution in [0.15, 0.2) is 54.7 Å². The van der Waals surface area contributed by atoms with Gasteiger partial charge in [0.25, 0.3) is 0 Å². The molecule has 21 heavy (non-hydrogen) atoms. The van der Waals surface area contributed by atoms with E-state index in [0.717, 1.165) is 18.8 Å². The smallest absolute Gasteiger partial charge is 0.119 e. The fourth-order valence-corrected chi connectivity index (χ4v) is 2.35. The maximum atomic E-state index is 5.23. The van der Waals surface area contributed by atoms with Crippen molar-refractivity contribution in [3.05, 3.63) is 65.9 Å². The number of aromatic nitrogens is 1. The first-order chi connectivity index (χ1) is 9.85. The highest BCUT2D eigenvalue weighted by molar-refractivity contribution is 5.85. The normalized spacial score (nSPS) is 10.3. The van der Waals surface area contributed by atoms with Crippen molar-refractivity contribution in [3.8, 4) is 5.75 Å². The molecule has 0 saturated heterocycles. The fraction of sp³-hybridized carbons (Fsp3) is 0.176. The van der Waals surface area contributed by atoms with Crippen molar-refractivity contribution in [2.45, 2.75) is 13.1 Å². The van der Waals surface area contributed by atoms with Crippen LogP contribution in [0.4, 0.5) is 0 Å². The molecule has 0 saturated carbocycles. The average molecular weight is 303 g/mol. The molecule has 0 bridgehead atoms. The molecule has 1 aromatic heterocycles. The van der Waals surface area contributed by atoms with Crippen LogP contribution >= 0.6 is 12.4 Å². The standard InChI is InChI=1S/C17H18N2O.ClH/c1-20-16-4-2-3-13(10-16)11-18-12-14-5-6-17-15(9-14)7-8-19-17;/h2-10,18-19H,11-12H2,1H3;1H. The van der Waals surface area contributed by atoms with Gasteiger partial charge in [0, 0.05) is 24.8 Å². The molecule has 0 aliphatic carbocycles. The van der Waals surface area contributed by atoms with E-state index >= 15 is 0 Å². The summed E-state index contributed by atoms with van der Waals surface area (Å²) >= 11 is 0. The number of aromatic amines is 1. The molecule has 0 amide bonds. The molecule has 3 nitrogen and oxygen atoms in total. The minimum absolute atomic E-state index is 0. The van der Waals surface area contributed by atoms with Gasteiger partial charge in [-0.05, 0) is 46.8 Å². The van der Waals surface area contributed by atoms with E-state index in [9.17, 15) is 0 Å². The third-order valence-electron chi connectivity index (χ3n) is 3.41. The first-order valence-corrected chi connectivity index (χ1v) is 6.75. The quantitative estimate of drug-likeness (QED) is 0.750. The van der Waals surface area contributed by atoms with Crippen molar-refractivity contribution < 1.29 is 4.74 Å². The number of methoxy groups -OCH3 is 1. The minimum Gasteiger partial charge on any atom is -0.497 e. The number of rotatable bonds is 5. The molecule has 3 aromatic rings. The van der Waals surface area contributed by atoms with Gasteiger partial charge in [0.2, 0.25) is 0 Å². The van der Waals surface area contributed by atoms with Crippen LogP contribution in [-0.2, 0) is 13.1 Å². The Balaban J connectivity index is 0.00000161. The molecular weight excluding hydrogens is 284 g/mol. The Morgan fingerprint density at radius 1 is 1.00 bits per heavy atom. The van der Waals surface area contributed by atoms with Crippen molar-refractivity contribution >= 4 is 23.3 Å². The molecule has 1 heterocycles.